The molecule has 0 unspecified atom stereocenters. The maximum Gasteiger partial charge on any atom is 0.148 e. The lowest BCUT2D eigenvalue weighted by molar-refractivity contribution is 1.11. The van der Waals surface area contributed by atoms with Crippen LogP contribution in [0.25, 0.3) is 76.9 Å². The van der Waals surface area contributed by atoms with E-state index in [9.17, 15) is 0 Å². The topological polar surface area (TPSA) is 51.8 Å². The van der Waals surface area contributed by atoms with Gasteiger partial charge >= 0.3 is 0 Å². The first kappa shape index (κ1) is 26.3. The molecule has 228 valence electrons. The number of rotatable bonds is 3. The second-order valence-electron chi connectivity index (χ2n) is 12.6. The fourth-order valence-corrected chi connectivity index (χ4v) is 8.07. The summed E-state index contributed by atoms with van der Waals surface area (Å²) in [7, 11) is 0. The van der Waals surface area contributed by atoms with E-state index in [0.717, 1.165) is 72.5 Å². The van der Waals surface area contributed by atoms with E-state index in [4.69, 9.17) is 4.98 Å². The predicted octanol–water partition coefficient (Wildman–Crippen LogP) is 10.7. The van der Waals surface area contributed by atoms with Crippen LogP contribution in [0.15, 0.2) is 158 Å². The minimum Gasteiger partial charge on any atom is -0.307 e. The Morgan fingerprint density at radius 2 is 1.18 bits per heavy atom. The Kier molecular flexibility index (Phi) is 5.29. The van der Waals surface area contributed by atoms with Crippen molar-refractivity contribution in [2.24, 2.45) is 0 Å². The van der Waals surface area contributed by atoms with Crippen molar-refractivity contribution in [3.63, 3.8) is 0 Å². The monoisotopic (exact) mass is 626 g/mol. The third-order valence-corrected chi connectivity index (χ3v) is 10.0. The average Bonchev–Trinajstić information content (AvgIpc) is 3.69. The van der Waals surface area contributed by atoms with Gasteiger partial charge in [0, 0.05) is 68.1 Å². The van der Waals surface area contributed by atoms with Crippen molar-refractivity contribution in [3.05, 3.63) is 158 Å². The third kappa shape index (κ3) is 3.57. The molecule has 1 aliphatic heterocycles. The molecule has 49 heavy (non-hydrogen) atoms. The highest BCUT2D eigenvalue weighted by Gasteiger charge is 2.29. The van der Waals surface area contributed by atoms with Gasteiger partial charge < -0.3 is 9.13 Å². The molecule has 0 fully saturated rings. The van der Waals surface area contributed by atoms with E-state index in [1.165, 1.54) is 21.5 Å². The molecule has 0 spiro atoms. The molecule has 11 rings (SSSR count). The van der Waals surface area contributed by atoms with Gasteiger partial charge in [-0.2, -0.15) is 0 Å². The second kappa shape index (κ2) is 9.86. The molecular weight excluding hydrogens is 601 g/mol. The van der Waals surface area contributed by atoms with E-state index in [-0.39, 0.29) is 0 Å². The highest BCUT2D eigenvalue weighted by Crippen LogP contribution is 2.51. The quantitative estimate of drug-likeness (QED) is 0.196. The number of aromatic nitrogens is 5. The predicted molar refractivity (Wildman–Crippen MR) is 200 cm³/mol. The van der Waals surface area contributed by atoms with Crippen LogP contribution in [0.2, 0.25) is 0 Å². The van der Waals surface area contributed by atoms with Gasteiger partial charge in [-0.3, -0.25) is 9.88 Å². The lowest BCUT2D eigenvalue weighted by Crippen LogP contribution is -2.16. The molecule has 5 heterocycles. The lowest BCUT2D eigenvalue weighted by Gasteiger charge is -2.32. The average molecular weight is 627 g/mol. The van der Waals surface area contributed by atoms with Crippen LogP contribution in [0, 0.1) is 0 Å². The van der Waals surface area contributed by atoms with E-state index < -0.39 is 0 Å². The zero-order valence-electron chi connectivity index (χ0n) is 26.2. The maximum atomic E-state index is 4.86. The minimum atomic E-state index is 0.875. The summed E-state index contributed by atoms with van der Waals surface area (Å²) >= 11 is 0. The van der Waals surface area contributed by atoms with Crippen molar-refractivity contribution in [3.8, 4) is 22.5 Å². The minimum absolute atomic E-state index is 0.875. The molecule has 6 heteroatoms. The van der Waals surface area contributed by atoms with Crippen LogP contribution in [0.3, 0.4) is 0 Å². The van der Waals surface area contributed by atoms with Crippen molar-refractivity contribution < 1.29 is 0 Å². The van der Waals surface area contributed by atoms with Gasteiger partial charge in [0.15, 0.2) is 0 Å². The van der Waals surface area contributed by atoms with E-state index in [0.29, 0.717) is 0 Å². The number of fused-ring (bicyclic) bond motifs is 9. The number of hydrogen-bond acceptors (Lipinski definition) is 4. The van der Waals surface area contributed by atoms with Crippen molar-refractivity contribution in [1.82, 2.24) is 24.1 Å². The van der Waals surface area contributed by atoms with Crippen LogP contribution in [-0.4, -0.2) is 24.1 Å². The van der Waals surface area contributed by atoms with Crippen LogP contribution in [0.4, 0.5) is 17.2 Å². The molecule has 0 amide bonds. The summed E-state index contributed by atoms with van der Waals surface area (Å²) in [4.78, 5) is 16.2. The van der Waals surface area contributed by atoms with Crippen molar-refractivity contribution in [2.75, 3.05) is 4.90 Å². The smallest absolute Gasteiger partial charge is 0.148 e. The first-order valence-electron chi connectivity index (χ1n) is 16.4. The summed E-state index contributed by atoms with van der Waals surface area (Å²) in [5.74, 6) is 0.875. The van der Waals surface area contributed by atoms with Gasteiger partial charge in [-0.05, 0) is 65.5 Å². The number of para-hydroxylation sites is 3. The highest BCUT2D eigenvalue weighted by molar-refractivity contribution is 6.24. The SMILES string of the molecule is c1ccc(N2c3ncncc3-c3cc(-n4c5ccccc5c5ccc6c7cnccc7n(-c7ccccc7)c6c54)cc4cccc2c34)cc1. The van der Waals surface area contributed by atoms with Crippen LogP contribution >= 0.6 is 0 Å². The maximum absolute atomic E-state index is 4.86. The van der Waals surface area contributed by atoms with Crippen LogP contribution in [0.5, 0.6) is 0 Å². The fourth-order valence-electron chi connectivity index (χ4n) is 8.07. The molecule has 6 nitrogen and oxygen atoms in total. The molecule has 10 aromatic rings. The Morgan fingerprint density at radius 3 is 2.02 bits per heavy atom. The Balaban J connectivity index is 1.30. The molecule has 0 bridgehead atoms. The molecule has 0 saturated heterocycles. The van der Waals surface area contributed by atoms with E-state index in [1.54, 1.807) is 6.33 Å². The van der Waals surface area contributed by atoms with E-state index in [2.05, 4.69) is 151 Å². The Hall–Kier alpha value is -6.79. The Labute approximate surface area is 280 Å². The third-order valence-electron chi connectivity index (χ3n) is 10.0. The first-order valence-corrected chi connectivity index (χ1v) is 16.4. The number of pyridine rings is 1. The molecule has 6 aromatic carbocycles. The molecule has 0 saturated carbocycles. The first-order chi connectivity index (χ1) is 24.3. The van der Waals surface area contributed by atoms with Gasteiger partial charge in [-0.25, -0.2) is 9.97 Å². The Morgan fingerprint density at radius 1 is 0.469 bits per heavy atom. The Bertz CT molecular complexity index is 2940. The lowest BCUT2D eigenvalue weighted by atomic mass is 9.92. The second-order valence-corrected chi connectivity index (χ2v) is 12.6. The van der Waals surface area contributed by atoms with Crippen LogP contribution in [-0.2, 0) is 0 Å². The summed E-state index contributed by atoms with van der Waals surface area (Å²) in [5, 5.41) is 7.07. The standard InChI is InChI=1S/C43H26N6/c1-3-11-28(12-4-1)47-38-20-21-44-24-35(38)33-19-18-32-31-15-7-8-16-37(31)48(41(32)42(33)47)30-22-27-10-9-17-39-40(27)34(23-30)36-25-45-26-46-43(36)49(39)29-13-5-2-6-14-29/h1-26H. The van der Waals surface area contributed by atoms with Crippen molar-refractivity contribution >= 4 is 71.6 Å². The summed E-state index contributed by atoms with van der Waals surface area (Å²) in [6, 6.07) is 47.7. The van der Waals surface area contributed by atoms with Crippen molar-refractivity contribution in [2.45, 2.75) is 0 Å². The summed E-state index contributed by atoms with van der Waals surface area (Å²) in [5.41, 5.74) is 11.1. The summed E-state index contributed by atoms with van der Waals surface area (Å²) in [6.45, 7) is 0. The van der Waals surface area contributed by atoms with Gasteiger partial charge in [0.25, 0.3) is 0 Å². The van der Waals surface area contributed by atoms with Crippen LogP contribution in [0.1, 0.15) is 0 Å². The molecule has 0 aliphatic carbocycles. The summed E-state index contributed by atoms with van der Waals surface area (Å²) < 4.78 is 4.85. The normalized spacial score (nSPS) is 12.4. The highest BCUT2D eigenvalue weighted by atomic mass is 15.2. The molecule has 0 N–H and O–H groups in total. The zero-order chi connectivity index (χ0) is 32.1. The largest absolute Gasteiger partial charge is 0.307 e. The molecule has 0 radical (unpaired) electrons. The van der Waals surface area contributed by atoms with Gasteiger partial charge in [-0.1, -0.05) is 78.9 Å². The van der Waals surface area contributed by atoms with Gasteiger partial charge in [-0.15, -0.1) is 0 Å². The zero-order valence-corrected chi connectivity index (χ0v) is 26.2. The number of anilines is 3. The number of benzene rings is 6. The van der Waals surface area contributed by atoms with Gasteiger partial charge in [0.2, 0.25) is 0 Å². The van der Waals surface area contributed by atoms with Gasteiger partial charge in [0.05, 0.1) is 27.8 Å². The van der Waals surface area contributed by atoms with Gasteiger partial charge in [0.1, 0.15) is 12.1 Å². The number of hydrogen-bond donors (Lipinski definition) is 0. The molecule has 0 atom stereocenters. The fraction of sp³-hybridized carbons (Fsp3) is 0. The van der Waals surface area contributed by atoms with Crippen molar-refractivity contribution in [1.29, 1.82) is 0 Å². The molecule has 1 aliphatic rings. The molecular formula is C43H26N6. The van der Waals surface area contributed by atoms with Crippen LogP contribution < -0.4 is 4.90 Å². The molecule has 4 aromatic heterocycles. The summed E-state index contributed by atoms with van der Waals surface area (Å²) in [6.07, 6.45) is 7.48. The number of nitrogens with zero attached hydrogens (tertiary/aromatic N) is 6. The van der Waals surface area contributed by atoms with E-state index >= 15 is 0 Å². The van der Waals surface area contributed by atoms with E-state index in [1.807, 2.05) is 24.7 Å².